The van der Waals surface area contributed by atoms with Crippen LogP contribution in [0.2, 0.25) is 0 Å². The van der Waals surface area contributed by atoms with Crippen LogP contribution in [0.5, 0.6) is 11.5 Å². The van der Waals surface area contributed by atoms with Gasteiger partial charge in [-0.25, -0.2) is 0 Å². The minimum atomic E-state index is -2.04. The molecule has 0 aliphatic heterocycles. The van der Waals surface area contributed by atoms with E-state index >= 15 is 0 Å². The van der Waals surface area contributed by atoms with Crippen molar-refractivity contribution >= 4 is 18.4 Å². The Morgan fingerprint density at radius 3 is 2.28 bits per heavy atom. The maximum Gasteiger partial charge on any atom is 0.135 e. The molecule has 2 aromatic rings. The van der Waals surface area contributed by atoms with Crippen molar-refractivity contribution < 1.29 is 14.0 Å². The summed E-state index contributed by atoms with van der Waals surface area (Å²) in [6.45, 7) is 0. The van der Waals surface area contributed by atoms with Gasteiger partial charge in [-0.3, -0.25) is 0 Å². The predicted octanol–water partition coefficient (Wildman–Crippen LogP) is 2.21. The molecular weight excluding hydrogens is 247 g/mol. The van der Waals surface area contributed by atoms with Gasteiger partial charge in [0.15, 0.2) is 0 Å². The molecule has 0 saturated carbocycles. The van der Waals surface area contributed by atoms with Crippen molar-refractivity contribution in [2.75, 3.05) is 14.2 Å². The highest BCUT2D eigenvalue weighted by Gasteiger charge is 2.13. The van der Waals surface area contributed by atoms with Crippen molar-refractivity contribution in [1.82, 2.24) is 0 Å². The van der Waals surface area contributed by atoms with Crippen molar-refractivity contribution in [3.8, 4) is 11.5 Å². The first-order valence-corrected chi connectivity index (χ1v) is 6.99. The highest BCUT2D eigenvalue weighted by Crippen LogP contribution is 2.28. The second-order valence-corrected chi connectivity index (χ2v) is 5.54. The highest BCUT2D eigenvalue weighted by molar-refractivity contribution is 7.61. The predicted molar refractivity (Wildman–Crippen MR) is 74.3 cm³/mol. The maximum absolute atomic E-state index is 12.5. The average molecular weight is 262 g/mol. The Balaban J connectivity index is 2.42. The van der Waals surface area contributed by atoms with E-state index in [-0.39, 0.29) is 0 Å². The monoisotopic (exact) mass is 262 g/mol. The van der Waals surface area contributed by atoms with Crippen LogP contribution in [0.15, 0.2) is 48.5 Å². The number of rotatable bonds is 4. The third-order valence-electron chi connectivity index (χ3n) is 2.69. The number of benzene rings is 2. The summed E-state index contributed by atoms with van der Waals surface area (Å²) in [7, 11) is 1.12. The molecule has 94 valence electrons. The van der Waals surface area contributed by atoms with Gasteiger partial charge >= 0.3 is 0 Å². The topological polar surface area (TPSA) is 35.5 Å². The zero-order chi connectivity index (χ0) is 13.0. The molecule has 1 unspecified atom stereocenters. The SMILES string of the molecule is COc1ccc([PH](=O)c2ccccc2)c(OC)c1. The quantitative estimate of drug-likeness (QED) is 0.792. The normalized spacial score (nSPS) is 11.9. The molecule has 0 fully saturated rings. The van der Waals surface area contributed by atoms with Crippen molar-refractivity contribution in [2.45, 2.75) is 0 Å². The molecule has 0 aliphatic rings. The Morgan fingerprint density at radius 1 is 0.944 bits per heavy atom. The lowest BCUT2D eigenvalue weighted by Crippen LogP contribution is -2.09. The molecule has 0 bridgehead atoms. The third-order valence-corrected chi connectivity index (χ3v) is 4.45. The van der Waals surface area contributed by atoms with Crippen LogP contribution < -0.4 is 20.1 Å². The smallest absolute Gasteiger partial charge is 0.135 e. The zero-order valence-corrected chi connectivity index (χ0v) is 11.3. The molecule has 1 atom stereocenters. The van der Waals surface area contributed by atoms with Crippen LogP contribution in [-0.2, 0) is 4.57 Å². The van der Waals surface area contributed by atoms with E-state index in [1.165, 1.54) is 0 Å². The summed E-state index contributed by atoms with van der Waals surface area (Å²) in [6.07, 6.45) is 0. The van der Waals surface area contributed by atoms with Crippen molar-refractivity contribution in [3.63, 3.8) is 0 Å². The Kier molecular flexibility index (Phi) is 4.06. The molecule has 0 N–H and O–H groups in total. The van der Waals surface area contributed by atoms with E-state index in [9.17, 15) is 4.57 Å². The standard InChI is InChI=1S/C14H15O3P/c1-16-11-8-9-14(13(10-11)17-2)18(15)12-6-4-3-5-7-12/h3-10,18H,1-2H3. The lowest BCUT2D eigenvalue weighted by atomic mass is 10.3. The lowest BCUT2D eigenvalue weighted by molar-refractivity contribution is 0.396. The zero-order valence-electron chi connectivity index (χ0n) is 10.3. The van der Waals surface area contributed by atoms with Crippen LogP contribution in [-0.4, -0.2) is 14.2 Å². The molecule has 2 rings (SSSR count). The fourth-order valence-electron chi connectivity index (χ4n) is 1.73. The summed E-state index contributed by atoms with van der Waals surface area (Å²) >= 11 is 0. The van der Waals surface area contributed by atoms with Gasteiger partial charge in [0.25, 0.3) is 0 Å². The van der Waals surface area contributed by atoms with Gasteiger partial charge in [-0.2, -0.15) is 0 Å². The summed E-state index contributed by atoms with van der Waals surface area (Å²) in [5.74, 6) is 1.29. The molecule has 0 amide bonds. The van der Waals surface area contributed by atoms with E-state index in [1.54, 1.807) is 32.4 Å². The number of hydrogen-bond donors (Lipinski definition) is 0. The molecule has 18 heavy (non-hydrogen) atoms. The molecule has 0 aliphatic carbocycles. The van der Waals surface area contributed by atoms with E-state index < -0.39 is 7.80 Å². The Labute approximate surface area is 107 Å². The van der Waals surface area contributed by atoms with Crippen LogP contribution >= 0.6 is 7.80 Å². The van der Waals surface area contributed by atoms with Gasteiger partial charge in [0.05, 0.1) is 19.5 Å². The first-order valence-electron chi connectivity index (χ1n) is 5.58. The molecule has 0 spiro atoms. The van der Waals surface area contributed by atoms with Gasteiger partial charge in [-0.1, -0.05) is 30.3 Å². The van der Waals surface area contributed by atoms with Crippen LogP contribution in [0, 0.1) is 0 Å². The molecule has 2 aromatic carbocycles. The van der Waals surface area contributed by atoms with Crippen LogP contribution in [0.4, 0.5) is 0 Å². The van der Waals surface area contributed by atoms with E-state index in [0.29, 0.717) is 11.5 Å². The van der Waals surface area contributed by atoms with Gasteiger partial charge in [-0.05, 0) is 12.1 Å². The van der Waals surface area contributed by atoms with Crippen molar-refractivity contribution in [1.29, 1.82) is 0 Å². The molecule has 0 saturated heterocycles. The molecule has 0 heterocycles. The molecule has 0 aromatic heterocycles. The second kappa shape index (κ2) is 5.74. The summed E-state index contributed by atoms with van der Waals surface area (Å²) in [5, 5.41) is 1.54. The van der Waals surface area contributed by atoms with E-state index in [0.717, 1.165) is 10.6 Å². The van der Waals surface area contributed by atoms with Gasteiger partial charge < -0.3 is 14.0 Å². The third kappa shape index (κ3) is 2.57. The molecule has 4 heteroatoms. The van der Waals surface area contributed by atoms with E-state index in [2.05, 4.69) is 0 Å². The molecule has 3 nitrogen and oxygen atoms in total. The fraction of sp³-hybridized carbons (Fsp3) is 0.143. The molecule has 0 radical (unpaired) electrons. The van der Waals surface area contributed by atoms with Crippen LogP contribution in [0.1, 0.15) is 0 Å². The summed E-state index contributed by atoms with van der Waals surface area (Å²) < 4.78 is 22.9. The summed E-state index contributed by atoms with van der Waals surface area (Å²) in [6, 6.07) is 14.7. The van der Waals surface area contributed by atoms with Gasteiger partial charge in [0.2, 0.25) is 0 Å². The van der Waals surface area contributed by atoms with Gasteiger partial charge in [-0.15, -0.1) is 0 Å². The van der Waals surface area contributed by atoms with Gasteiger partial charge in [0, 0.05) is 11.4 Å². The average Bonchev–Trinajstić information content (AvgIpc) is 2.46. The van der Waals surface area contributed by atoms with E-state index in [1.807, 2.05) is 30.3 Å². The van der Waals surface area contributed by atoms with Crippen LogP contribution in [0.25, 0.3) is 0 Å². The largest absolute Gasteiger partial charge is 0.497 e. The van der Waals surface area contributed by atoms with Crippen LogP contribution in [0.3, 0.4) is 0 Å². The first kappa shape index (κ1) is 12.7. The number of hydrogen-bond acceptors (Lipinski definition) is 3. The molecular formula is C14H15O3P. The fourth-order valence-corrected chi connectivity index (χ4v) is 3.17. The number of methoxy groups -OCH3 is 2. The first-order chi connectivity index (χ1) is 8.76. The highest BCUT2D eigenvalue weighted by atomic mass is 31.1. The van der Waals surface area contributed by atoms with Gasteiger partial charge in [0.1, 0.15) is 19.3 Å². The minimum absolute atomic E-state index is 0.599. The maximum atomic E-state index is 12.5. The van der Waals surface area contributed by atoms with Crippen molar-refractivity contribution in [3.05, 3.63) is 48.5 Å². The Bertz CT molecular complexity index is 552. The second-order valence-electron chi connectivity index (χ2n) is 3.76. The Hall–Kier alpha value is -1.73. The van der Waals surface area contributed by atoms with E-state index in [4.69, 9.17) is 9.47 Å². The number of ether oxygens (including phenoxy) is 2. The van der Waals surface area contributed by atoms with Crippen molar-refractivity contribution in [2.24, 2.45) is 0 Å². The summed E-state index contributed by atoms with van der Waals surface area (Å²) in [4.78, 5) is 0. The summed E-state index contributed by atoms with van der Waals surface area (Å²) in [5.41, 5.74) is 0. The minimum Gasteiger partial charge on any atom is -0.497 e. The lowest BCUT2D eigenvalue weighted by Gasteiger charge is -2.10. The Morgan fingerprint density at radius 2 is 1.67 bits per heavy atom.